The van der Waals surface area contributed by atoms with Crippen molar-refractivity contribution < 1.29 is 66.9 Å². The Morgan fingerprint density at radius 1 is 0.390 bits per heavy atom. The van der Waals surface area contributed by atoms with Crippen LogP contribution in [0, 0.1) is 0 Å². The molecule has 0 saturated carbocycles. The van der Waals surface area contributed by atoms with Gasteiger partial charge in [-0.25, -0.2) is 0 Å². The van der Waals surface area contributed by atoms with Gasteiger partial charge >= 0.3 is 23.9 Å². The molecule has 4 unspecified atom stereocenters. The van der Waals surface area contributed by atoms with E-state index in [2.05, 4.69) is 36.6 Å². The number of esters is 4. The van der Waals surface area contributed by atoms with Gasteiger partial charge in [0.05, 0.1) is 54.5 Å². The summed E-state index contributed by atoms with van der Waals surface area (Å²) in [7, 11) is 12.2. The maximum Gasteiger partial charge on any atom is 0.306 e. The van der Waals surface area contributed by atoms with E-state index < -0.39 is 24.4 Å². The summed E-state index contributed by atoms with van der Waals surface area (Å²) in [5, 5.41) is 27.9. The molecule has 478 valence electrons. The van der Waals surface area contributed by atoms with Crippen LogP contribution in [-0.4, -0.2) is 161 Å². The minimum absolute atomic E-state index is 0.122. The Morgan fingerprint density at radius 3 is 1.07 bits per heavy atom. The first-order chi connectivity index (χ1) is 39.3. The predicted molar refractivity (Wildman–Crippen MR) is 331 cm³/mol. The lowest BCUT2D eigenvalue weighted by Crippen LogP contribution is -2.38. The van der Waals surface area contributed by atoms with Crippen LogP contribution in [0.2, 0.25) is 0 Å². The molecule has 0 aromatic carbocycles. The van der Waals surface area contributed by atoms with Gasteiger partial charge in [-0.05, 0) is 103 Å². The normalized spacial score (nSPS) is 13.4. The Labute approximate surface area is 499 Å². The monoisotopic (exact) mass is 1160 g/mol. The van der Waals surface area contributed by atoms with Gasteiger partial charge in [0, 0.05) is 51.6 Å². The van der Waals surface area contributed by atoms with E-state index in [1.165, 1.54) is 25.7 Å². The fraction of sp³-hybridized carbons (Fsp3) is 0.848. The van der Waals surface area contributed by atoms with Crippen LogP contribution in [0.15, 0.2) is 24.3 Å². The van der Waals surface area contributed by atoms with E-state index in [1.807, 2.05) is 54.4 Å². The highest BCUT2D eigenvalue weighted by Crippen LogP contribution is 2.19. The minimum Gasteiger partial charge on any atom is -0.460 e. The van der Waals surface area contributed by atoms with Crippen LogP contribution in [0.4, 0.5) is 0 Å². The average Bonchev–Trinajstić information content (AvgIpc) is 3.41. The summed E-state index contributed by atoms with van der Waals surface area (Å²) in [4.78, 5) is 73.9. The van der Waals surface area contributed by atoms with E-state index in [-0.39, 0.29) is 61.4 Å². The number of nitrogens with zero attached hydrogens (tertiary/aromatic N) is 2. The van der Waals surface area contributed by atoms with Crippen LogP contribution < -0.4 is 10.6 Å². The Balaban J connectivity index is 3.88. The topological polar surface area (TPSA) is 204 Å². The number of amides is 2. The Kier molecular flexibility index (Phi) is 50.2. The molecule has 0 heterocycles. The summed E-state index contributed by atoms with van der Waals surface area (Å²) in [5.74, 6) is -1.09. The number of aliphatic hydroxyl groups excluding tert-OH is 2. The van der Waals surface area contributed by atoms with Crippen molar-refractivity contribution in [2.45, 2.75) is 282 Å². The fourth-order valence-electron chi connectivity index (χ4n) is 9.18. The number of aliphatic hydroxyl groups is 2. The zero-order valence-electron chi connectivity index (χ0n) is 53.6. The average molecular weight is 1170 g/mol. The Bertz CT molecular complexity index is 1560. The molecule has 16 nitrogen and oxygen atoms in total. The lowest BCUT2D eigenvalue weighted by molar-refractivity contribution is -0.870. The van der Waals surface area contributed by atoms with E-state index >= 15 is 0 Å². The standard InChI is InChI=1S/C66H122N4O12/c1-9-11-31-43-59(81-65(77)49-39-47-63(75)79-55-53-69(3,4)5)57(71)41-33-25-19-13-15-21-27-35-45-61(73)67-51-37-29-23-17-18-24-30-38-52-68-62(74)46-36-28-22-16-14-20-26-34-42-58(72)60(44-32-12-10-2)82-66(78)50-40-48-64(76)80-56-54-70(6,7)8/h25-26,33-34,57-60,71-72H,9-24,27-32,35-56H2,1-8H3/p+2/b33-25-,34-26-. The lowest BCUT2D eigenvalue weighted by Gasteiger charge is -2.23. The highest BCUT2D eigenvalue weighted by atomic mass is 16.6. The smallest absolute Gasteiger partial charge is 0.306 e. The molecule has 4 atom stereocenters. The van der Waals surface area contributed by atoms with Gasteiger partial charge in [-0.2, -0.15) is 0 Å². The number of ether oxygens (including phenoxy) is 4. The van der Waals surface area contributed by atoms with Crippen molar-refractivity contribution in [1.29, 1.82) is 0 Å². The van der Waals surface area contributed by atoms with E-state index in [0.717, 1.165) is 167 Å². The van der Waals surface area contributed by atoms with E-state index in [9.17, 15) is 39.0 Å². The molecule has 0 bridgehead atoms. The molecule has 0 spiro atoms. The number of quaternary nitrogens is 2. The first kappa shape index (κ1) is 78.1. The third-order valence-corrected chi connectivity index (χ3v) is 14.6. The van der Waals surface area contributed by atoms with Gasteiger partial charge in [0.1, 0.15) is 38.5 Å². The van der Waals surface area contributed by atoms with Crippen molar-refractivity contribution in [3.05, 3.63) is 24.3 Å². The zero-order valence-corrected chi connectivity index (χ0v) is 53.6. The van der Waals surface area contributed by atoms with Crippen LogP contribution in [0.1, 0.15) is 258 Å². The number of allylic oxidation sites excluding steroid dienone is 2. The molecule has 82 heavy (non-hydrogen) atoms. The second kappa shape index (κ2) is 52.7. The summed E-state index contributed by atoms with van der Waals surface area (Å²) in [6.07, 6.45) is 37.2. The molecule has 0 aromatic rings. The maximum atomic E-state index is 12.6. The van der Waals surface area contributed by atoms with E-state index in [0.29, 0.717) is 73.5 Å². The van der Waals surface area contributed by atoms with Crippen molar-refractivity contribution >= 4 is 35.7 Å². The molecule has 0 radical (unpaired) electrons. The van der Waals surface area contributed by atoms with Crippen LogP contribution in [-0.2, 0) is 47.7 Å². The van der Waals surface area contributed by atoms with Crippen LogP contribution in [0.3, 0.4) is 0 Å². The number of unbranched alkanes of at least 4 members (excludes halogenated alkanes) is 21. The molecule has 0 saturated heterocycles. The number of rotatable bonds is 57. The molecule has 2 amide bonds. The molecular weight excluding hydrogens is 1040 g/mol. The van der Waals surface area contributed by atoms with Crippen molar-refractivity contribution in [3.8, 4) is 0 Å². The molecule has 0 rings (SSSR count). The Morgan fingerprint density at radius 2 is 0.720 bits per heavy atom. The van der Waals surface area contributed by atoms with Gasteiger partial charge < -0.3 is 48.8 Å². The van der Waals surface area contributed by atoms with Crippen molar-refractivity contribution in [3.63, 3.8) is 0 Å². The van der Waals surface area contributed by atoms with Gasteiger partial charge in [0.15, 0.2) is 0 Å². The van der Waals surface area contributed by atoms with Gasteiger partial charge in [-0.1, -0.05) is 141 Å². The number of carbonyl (C=O) groups excluding carboxylic acids is 6. The number of hydrogen-bond acceptors (Lipinski definition) is 12. The SMILES string of the molecule is CCCCCC(OC(=O)CCCC(=O)OCC[N+](C)(C)C)C(O)C/C=C\CCCCCCCC(=O)NCCCCCCCCCCNC(=O)CCCCCCC/C=C\CC(O)C(CCCCC)OC(=O)CCCC(=O)OCC[N+](C)(C)C. The van der Waals surface area contributed by atoms with E-state index in [1.54, 1.807) is 0 Å². The molecule has 16 heteroatoms. The number of carbonyl (C=O) groups is 6. The zero-order chi connectivity index (χ0) is 61.0. The van der Waals surface area contributed by atoms with Gasteiger partial charge in [0.2, 0.25) is 11.8 Å². The molecule has 0 aliphatic heterocycles. The third kappa shape index (κ3) is 54.1. The second-order valence-corrected chi connectivity index (χ2v) is 24.9. The fourth-order valence-corrected chi connectivity index (χ4v) is 9.18. The lowest BCUT2D eigenvalue weighted by atomic mass is 10.0. The van der Waals surface area contributed by atoms with Gasteiger partial charge in [-0.3, -0.25) is 28.8 Å². The second-order valence-electron chi connectivity index (χ2n) is 24.9. The summed E-state index contributed by atoms with van der Waals surface area (Å²) in [6, 6.07) is 0. The molecule has 0 fully saturated rings. The van der Waals surface area contributed by atoms with Crippen LogP contribution >= 0.6 is 0 Å². The van der Waals surface area contributed by atoms with Crippen molar-refractivity contribution in [1.82, 2.24) is 10.6 Å². The highest BCUT2D eigenvalue weighted by molar-refractivity contribution is 5.76. The van der Waals surface area contributed by atoms with Crippen molar-refractivity contribution in [2.75, 3.05) is 81.7 Å². The summed E-state index contributed by atoms with van der Waals surface area (Å²) >= 11 is 0. The summed E-state index contributed by atoms with van der Waals surface area (Å²) < 4.78 is 23.4. The quantitative estimate of drug-likeness (QED) is 0.0148. The molecule has 0 aliphatic carbocycles. The highest BCUT2D eigenvalue weighted by Gasteiger charge is 2.24. The number of likely N-dealkylation sites (N-methyl/N-ethyl adjacent to an activating group) is 2. The van der Waals surface area contributed by atoms with Gasteiger partial charge in [0.25, 0.3) is 0 Å². The van der Waals surface area contributed by atoms with Crippen molar-refractivity contribution in [2.24, 2.45) is 0 Å². The van der Waals surface area contributed by atoms with Crippen LogP contribution in [0.5, 0.6) is 0 Å². The Hall–Kier alpha value is -3.86. The summed E-state index contributed by atoms with van der Waals surface area (Å²) in [5.41, 5.74) is 0. The predicted octanol–water partition coefficient (Wildman–Crippen LogP) is 12.2. The molecule has 0 aromatic heterocycles. The third-order valence-electron chi connectivity index (χ3n) is 14.6. The number of hydrogen-bond donors (Lipinski definition) is 4. The minimum atomic E-state index is -0.765. The molecular formula is C66H124N4O12+2. The first-order valence-corrected chi connectivity index (χ1v) is 32.8. The molecule has 0 aliphatic rings. The number of nitrogens with one attached hydrogen (secondary N) is 2. The van der Waals surface area contributed by atoms with Crippen LogP contribution in [0.25, 0.3) is 0 Å². The first-order valence-electron chi connectivity index (χ1n) is 32.8. The molecule has 4 N–H and O–H groups in total. The van der Waals surface area contributed by atoms with E-state index in [4.69, 9.17) is 18.9 Å². The van der Waals surface area contributed by atoms with Gasteiger partial charge in [-0.15, -0.1) is 0 Å². The largest absolute Gasteiger partial charge is 0.460 e. The summed E-state index contributed by atoms with van der Waals surface area (Å²) in [6.45, 7) is 7.87. The maximum absolute atomic E-state index is 12.6.